The largest absolute Gasteiger partial charge is 0.383 e. The third-order valence-corrected chi connectivity index (χ3v) is 5.46. The number of rotatable bonds is 10. The lowest BCUT2D eigenvalue weighted by Crippen LogP contribution is -2.33. The van der Waals surface area contributed by atoms with E-state index in [9.17, 15) is 13.2 Å². The minimum Gasteiger partial charge on any atom is -0.383 e. The molecule has 2 aromatic rings. The van der Waals surface area contributed by atoms with E-state index in [4.69, 9.17) is 4.74 Å². The quantitative estimate of drug-likeness (QED) is 0.616. The van der Waals surface area contributed by atoms with E-state index in [2.05, 4.69) is 10.6 Å². The molecule has 26 heavy (non-hydrogen) atoms. The predicted molar refractivity (Wildman–Crippen MR) is 101 cm³/mol. The molecule has 0 saturated carbocycles. The Morgan fingerprint density at radius 3 is 2.38 bits per heavy atom. The number of ether oxygens (including phenoxy) is 1. The lowest BCUT2D eigenvalue weighted by atomic mass is 10.1. The highest BCUT2D eigenvalue weighted by atomic mass is 32.2. The van der Waals surface area contributed by atoms with Gasteiger partial charge in [-0.3, -0.25) is 4.79 Å². The maximum Gasteiger partial charge on any atom is 0.251 e. The number of hydrogen-bond donors (Lipinski definition) is 2. The summed E-state index contributed by atoms with van der Waals surface area (Å²) >= 11 is 0. The summed E-state index contributed by atoms with van der Waals surface area (Å²) in [6.45, 7) is 2.37. The molecule has 0 aliphatic carbocycles. The molecule has 0 unspecified atom stereocenters. The van der Waals surface area contributed by atoms with Crippen molar-refractivity contribution in [3.63, 3.8) is 0 Å². The van der Waals surface area contributed by atoms with Gasteiger partial charge in [-0.25, -0.2) is 8.42 Å². The van der Waals surface area contributed by atoms with Gasteiger partial charge in [0, 0.05) is 32.3 Å². The molecule has 7 heteroatoms. The molecule has 0 aliphatic heterocycles. The molecule has 0 aromatic heterocycles. The van der Waals surface area contributed by atoms with Crippen LogP contribution < -0.4 is 10.6 Å². The van der Waals surface area contributed by atoms with Gasteiger partial charge in [0.2, 0.25) is 0 Å². The molecular weight excluding hydrogens is 352 g/mol. The van der Waals surface area contributed by atoms with Crippen LogP contribution in [0.2, 0.25) is 0 Å². The molecule has 0 atom stereocenters. The number of amides is 1. The number of carbonyl (C=O) groups excluding carboxylic acids is 1. The van der Waals surface area contributed by atoms with E-state index in [1.807, 2.05) is 0 Å². The number of nitrogens with one attached hydrogen (secondary N) is 2. The fraction of sp³-hybridized carbons (Fsp3) is 0.316. The molecule has 0 saturated heterocycles. The van der Waals surface area contributed by atoms with E-state index in [0.717, 1.165) is 0 Å². The molecule has 0 heterocycles. The minimum atomic E-state index is -3.51. The van der Waals surface area contributed by atoms with Crippen molar-refractivity contribution in [1.82, 2.24) is 10.6 Å². The first-order valence-electron chi connectivity index (χ1n) is 8.38. The fourth-order valence-electron chi connectivity index (χ4n) is 2.44. The summed E-state index contributed by atoms with van der Waals surface area (Å²) < 4.78 is 30.1. The van der Waals surface area contributed by atoms with E-state index < -0.39 is 9.84 Å². The molecule has 0 bridgehead atoms. The first-order valence-corrected chi connectivity index (χ1v) is 10.0. The van der Waals surface area contributed by atoms with Gasteiger partial charge in [-0.15, -0.1) is 0 Å². The number of methoxy groups -OCH3 is 1. The molecule has 0 spiro atoms. The van der Waals surface area contributed by atoms with Crippen molar-refractivity contribution >= 4 is 15.7 Å². The summed E-state index contributed by atoms with van der Waals surface area (Å²) in [7, 11) is -1.88. The molecule has 140 valence electrons. The maximum absolute atomic E-state index is 12.6. The third kappa shape index (κ3) is 5.94. The van der Waals surface area contributed by atoms with Gasteiger partial charge in [0.25, 0.3) is 5.91 Å². The first-order chi connectivity index (χ1) is 12.5. The Bertz CT molecular complexity index is 807. The van der Waals surface area contributed by atoms with Crippen LogP contribution in [0, 0.1) is 0 Å². The summed E-state index contributed by atoms with van der Waals surface area (Å²) in [6, 6.07) is 15.0. The second-order valence-corrected chi connectivity index (χ2v) is 7.72. The standard InChI is InChI=1S/C19H24N2O4S/c1-25-14-13-20-11-12-21-19(22)18-10-6-5-7-16(18)15-26(23,24)17-8-3-2-4-9-17/h2-10,20H,11-15H2,1H3,(H,21,22). The van der Waals surface area contributed by atoms with Crippen LogP contribution in [0.15, 0.2) is 59.5 Å². The minimum absolute atomic E-state index is 0.216. The normalized spacial score (nSPS) is 11.3. The lowest BCUT2D eigenvalue weighted by Gasteiger charge is -2.11. The fourth-order valence-corrected chi connectivity index (χ4v) is 3.84. The van der Waals surface area contributed by atoms with Crippen LogP contribution in [-0.4, -0.2) is 47.7 Å². The van der Waals surface area contributed by atoms with E-state index in [0.29, 0.717) is 37.4 Å². The Morgan fingerprint density at radius 1 is 0.962 bits per heavy atom. The molecule has 2 aromatic carbocycles. The lowest BCUT2D eigenvalue weighted by molar-refractivity contribution is 0.0953. The predicted octanol–water partition coefficient (Wildman–Crippen LogP) is 1.63. The molecular formula is C19H24N2O4S. The SMILES string of the molecule is COCCNCCNC(=O)c1ccccc1CS(=O)(=O)c1ccccc1. The number of carbonyl (C=O) groups is 1. The molecule has 0 radical (unpaired) electrons. The monoisotopic (exact) mass is 376 g/mol. The molecule has 1 amide bonds. The molecule has 2 rings (SSSR count). The van der Waals surface area contributed by atoms with Crippen molar-refractivity contribution in [3.05, 3.63) is 65.7 Å². The van der Waals surface area contributed by atoms with Gasteiger partial charge in [0.15, 0.2) is 9.84 Å². The highest BCUT2D eigenvalue weighted by molar-refractivity contribution is 7.90. The summed E-state index contributed by atoms with van der Waals surface area (Å²) in [5, 5.41) is 5.94. The zero-order valence-corrected chi connectivity index (χ0v) is 15.6. The smallest absolute Gasteiger partial charge is 0.251 e. The average Bonchev–Trinajstić information content (AvgIpc) is 2.65. The van der Waals surface area contributed by atoms with Gasteiger partial charge in [0.05, 0.1) is 17.3 Å². The maximum atomic E-state index is 12.6. The molecule has 0 fully saturated rings. The van der Waals surface area contributed by atoms with E-state index in [1.54, 1.807) is 61.7 Å². The van der Waals surface area contributed by atoms with Crippen molar-refractivity contribution in [3.8, 4) is 0 Å². The summed E-state index contributed by atoms with van der Waals surface area (Å²) in [4.78, 5) is 12.7. The molecule has 6 nitrogen and oxygen atoms in total. The van der Waals surface area contributed by atoms with Crippen LogP contribution in [0.4, 0.5) is 0 Å². The summed E-state index contributed by atoms with van der Waals surface area (Å²) in [5.41, 5.74) is 0.866. The number of hydrogen-bond acceptors (Lipinski definition) is 5. The zero-order chi connectivity index (χ0) is 18.8. The van der Waals surface area contributed by atoms with Gasteiger partial charge >= 0.3 is 0 Å². The molecule has 2 N–H and O–H groups in total. The topological polar surface area (TPSA) is 84.5 Å². The van der Waals surface area contributed by atoms with E-state index in [1.165, 1.54) is 0 Å². The van der Waals surface area contributed by atoms with Crippen LogP contribution in [-0.2, 0) is 20.3 Å². The highest BCUT2D eigenvalue weighted by Crippen LogP contribution is 2.18. The van der Waals surface area contributed by atoms with Crippen LogP contribution in [0.25, 0.3) is 0 Å². The van der Waals surface area contributed by atoms with Crippen molar-refractivity contribution < 1.29 is 17.9 Å². The number of benzene rings is 2. The summed E-state index contributed by atoms with van der Waals surface area (Å²) in [6.07, 6.45) is 0. The van der Waals surface area contributed by atoms with Gasteiger partial charge in [-0.1, -0.05) is 36.4 Å². The van der Waals surface area contributed by atoms with Gasteiger partial charge < -0.3 is 15.4 Å². The Balaban J connectivity index is 2.02. The summed E-state index contributed by atoms with van der Waals surface area (Å²) in [5.74, 6) is -0.496. The van der Waals surface area contributed by atoms with Gasteiger partial charge in [0.1, 0.15) is 0 Å². The van der Waals surface area contributed by atoms with Gasteiger partial charge in [-0.05, 0) is 23.8 Å². The van der Waals surface area contributed by atoms with E-state index >= 15 is 0 Å². The van der Waals surface area contributed by atoms with Crippen molar-refractivity contribution in [2.45, 2.75) is 10.6 Å². The Kier molecular flexibility index (Phi) is 7.77. The van der Waals surface area contributed by atoms with E-state index in [-0.39, 0.29) is 16.6 Å². The van der Waals surface area contributed by atoms with Gasteiger partial charge in [-0.2, -0.15) is 0 Å². The Labute approximate surface area is 154 Å². The Hall–Kier alpha value is -2.22. The molecule has 0 aliphatic rings. The second kappa shape index (κ2) is 10.1. The van der Waals surface area contributed by atoms with Crippen LogP contribution >= 0.6 is 0 Å². The zero-order valence-electron chi connectivity index (χ0n) is 14.8. The van der Waals surface area contributed by atoms with Crippen LogP contribution in [0.3, 0.4) is 0 Å². The average molecular weight is 376 g/mol. The van der Waals surface area contributed by atoms with Crippen molar-refractivity contribution in [1.29, 1.82) is 0 Å². The van der Waals surface area contributed by atoms with Crippen LogP contribution in [0.1, 0.15) is 15.9 Å². The third-order valence-electron chi connectivity index (χ3n) is 3.78. The van der Waals surface area contributed by atoms with Crippen LogP contribution in [0.5, 0.6) is 0 Å². The van der Waals surface area contributed by atoms with Crippen molar-refractivity contribution in [2.75, 3.05) is 33.4 Å². The number of sulfone groups is 1. The second-order valence-electron chi connectivity index (χ2n) is 5.73. The Morgan fingerprint density at radius 2 is 1.65 bits per heavy atom. The first kappa shape index (κ1) is 20.1. The highest BCUT2D eigenvalue weighted by Gasteiger charge is 2.19. The van der Waals surface area contributed by atoms with Crippen molar-refractivity contribution in [2.24, 2.45) is 0 Å².